The first-order chi connectivity index (χ1) is 16.0. The highest BCUT2D eigenvalue weighted by Gasteiger charge is 2.34. The molecule has 1 saturated carbocycles. The van der Waals surface area contributed by atoms with Crippen LogP contribution >= 0.6 is 0 Å². The van der Waals surface area contributed by atoms with E-state index in [1.807, 2.05) is 28.3 Å². The number of piperidine rings is 1. The SMILES string of the molecule is C[C@@H]1CN(C(=O)c2nn(CC(=O)N3CCC(C4CCCCC4)CC3)c3c2CCC3)C[C@H](C)O1. The lowest BCUT2D eigenvalue weighted by molar-refractivity contribution is -0.133. The average Bonchev–Trinajstić information content (AvgIpc) is 3.42. The largest absolute Gasteiger partial charge is 0.372 e. The first-order valence-corrected chi connectivity index (χ1v) is 13.3. The third-order valence-corrected chi connectivity index (χ3v) is 8.41. The van der Waals surface area contributed by atoms with Gasteiger partial charge in [0.1, 0.15) is 6.54 Å². The molecule has 0 spiro atoms. The van der Waals surface area contributed by atoms with Gasteiger partial charge in [-0.05, 0) is 57.8 Å². The van der Waals surface area contributed by atoms with E-state index in [0.717, 1.165) is 68.3 Å². The number of aromatic nitrogens is 2. The number of nitrogens with zero attached hydrogens (tertiary/aromatic N) is 4. The van der Waals surface area contributed by atoms with E-state index in [-0.39, 0.29) is 30.6 Å². The first-order valence-electron chi connectivity index (χ1n) is 13.3. The molecule has 3 fully saturated rings. The Labute approximate surface area is 197 Å². The standard InChI is InChI=1S/C26H40N4O3/c1-18-15-29(16-19(2)33-18)26(32)25-22-9-6-10-23(22)30(27-25)17-24(31)28-13-11-21(12-14-28)20-7-4-3-5-8-20/h18-21H,3-17H2,1-2H3/t18-,19+. The third kappa shape index (κ3) is 4.84. The van der Waals surface area contributed by atoms with E-state index in [0.29, 0.717) is 18.8 Å². The normalized spacial score (nSPS) is 27.1. The van der Waals surface area contributed by atoms with Crippen LogP contribution in [0.1, 0.15) is 87.0 Å². The summed E-state index contributed by atoms with van der Waals surface area (Å²) in [4.78, 5) is 30.4. The smallest absolute Gasteiger partial charge is 0.274 e. The highest BCUT2D eigenvalue weighted by atomic mass is 16.5. The van der Waals surface area contributed by atoms with Crippen molar-refractivity contribution in [2.45, 2.75) is 96.8 Å². The molecule has 2 atom stereocenters. The Morgan fingerprint density at radius 1 is 0.879 bits per heavy atom. The maximum absolute atomic E-state index is 13.3. The molecule has 182 valence electrons. The predicted octanol–water partition coefficient (Wildman–Crippen LogP) is 3.44. The van der Waals surface area contributed by atoms with Crippen LogP contribution in [0.4, 0.5) is 0 Å². The summed E-state index contributed by atoms with van der Waals surface area (Å²) in [5.41, 5.74) is 2.72. The number of hydrogen-bond donors (Lipinski definition) is 0. The van der Waals surface area contributed by atoms with E-state index in [1.165, 1.54) is 32.1 Å². The fourth-order valence-corrected chi connectivity index (χ4v) is 6.76. The molecule has 0 N–H and O–H groups in total. The fourth-order valence-electron chi connectivity index (χ4n) is 6.76. The number of rotatable bonds is 4. The Bertz CT molecular complexity index is 857. The monoisotopic (exact) mass is 456 g/mol. The molecule has 2 amide bonds. The second-order valence-corrected chi connectivity index (χ2v) is 10.9. The molecule has 0 bridgehead atoms. The van der Waals surface area contributed by atoms with Crippen LogP contribution in [0, 0.1) is 11.8 Å². The molecular weight excluding hydrogens is 416 g/mol. The molecule has 1 aromatic heterocycles. The molecule has 2 aliphatic carbocycles. The second kappa shape index (κ2) is 9.77. The van der Waals surface area contributed by atoms with Crippen LogP contribution in [-0.2, 0) is 28.9 Å². The number of ether oxygens (including phenoxy) is 1. The van der Waals surface area contributed by atoms with E-state index in [4.69, 9.17) is 9.84 Å². The molecular formula is C26H40N4O3. The maximum Gasteiger partial charge on any atom is 0.274 e. The van der Waals surface area contributed by atoms with Crippen molar-refractivity contribution in [2.75, 3.05) is 26.2 Å². The molecule has 33 heavy (non-hydrogen) atoms. The lowest BCUT2D eigenvalue weighted by atomic mass is 9.76. The summed E-state index contributed by atoms with van der Waals surface area (Å²) in [7, 11) is 0. The molecule has 0 radical (unpaired) electrons. The van der Waals surface area contributed by atoms with Crippen LogP contribution in [0.5, 0.6) is 0 Å². The van der Waals surface area contributed by atoms with Gasteiger partial charge >= 0.3 is 0 Å². The van der Waals surface area contributed by atoms with E-state index in [1.54, 1.807) is 0 Å². The molecule has 2 aliphatic heterocycles. The van der Waals surface area contributed by atoms with Crippen molar-refractivity contribution in [3.8, 4) is 0 Å². The summed E-state index contributed by atoms with van der Waals surface area (Å²) in [5, 5.41) is 4.72. The Balaban J connectivity index is 1.23. The van der Waals surface area contributed by atoms with Crippen molar-refractivity contribution < 1.29 is 14.3 Å². The van der Waals surface area contributed by atoms with Gasteiger partial charge in [-0.3, -0.25) is 14.3 Å². The quantitative estimate of drug-likeness (QED) is 0.696. The number of fused-ring (bicyclic) bond motifs is 1. The van der Waals surface area contributed by atoms with Gasteiger partial charge in [0.2, 0.25) is 5.91 Å². The molecule has 0 aromatic carbocycles. The molecule has 1 aromatic rings. The van der Waals surface area contributed by atoms with Gasteiger partial charge in [-0.1, -0.05) is 32.1 Å². The lowest BCUT2D eigenvalue weighted by Gasteiger charge is -2.37. The van der Waals surface area contributed by atoms with E-state index in [2.05, 4.69) is 0 Å². The van der Waals surface area contributed by atoms with Crippen LogP contribution in [-0.4, -0.2) is 69.8 Å². The number of carbonyl (C=O) groups excluding carboxylic acids is 2. The van der Waals surface area contributed by atoms with Gasteiger partial charge < -0.3 is 14.5 Å². The predicted molar refractivity (Wildman–Crippen MR) is 126 cm³/mol. The Morgan fingerprint density at radius 3 is 2.24 bits per heavy atom. The zero-order valence-electron chi connectivity index (χ0n) is 20.4. The van der Waals surface area contributed by atoms with E-state index < -0.39 is 0 Å². The highest BCUT2D eigenvalue weighted by molar-refractivity contribution is 5.94. The van der Waals surface area contributed by atoms with Crippen LogP contribution in [0.15, 0.2) is 0 Å². The first kappa shape index (κ1) is 22.9. The molecule has 3 heterocycles. The maximum atomic E-state index is 13.3. The molecule has 7 nitrogen and oxygen atoms in total. The molecule has 2 saturated heterocycles. The van der Waals surface area contributed by atoms with E-state index >= 15 is 0 Å². The number of hydrogen-bond acceptors (Lipinski definition) is 4. The van der Waals surface area contributed by atoms with Crippen LogP contribution in [0.25, 0.3) is 0 Å². The van der Waals surface area contributed by atoms with Crippen molar-refractivity contribution in [1.29, 1.82) is 0 Å². The lowest BCUT2D eigenvalue weighted by Crippen LogP contribution is -2.48. The number of carbonyl (C=O) groups is 2. The Kier molecular flexibility index (Phi) is 6.77. The second-order valence-electron chi connectivity index (χ2n) is 10.9. The van der Waals surface area contributed by atoms with Gasteiger partial charge in [-0.2, -0.15) is 5.10 Å². The van der Waals surface area contributed by atoms with Crippen molar-refractivity contribution in [3.63, 3.8) is 0 Å². The Morgan fingerprint density at radius 2 is 1.55 bits per heavy atom. The van der Waals surface area contributed by atoms with Crippen LogP contribution < -0.4 is 0 Å². The van der Waals surface area contributed by atoms with Crippen molar-refractivity contribution >= 4 is 11.8 Å². The summed E-state index contributed by atoms with van der Waals surface area (Å²) in [6.45, 7) is 7.22. The zero-order valence-corrected chi connectivity index (χ0v) is 20.4. The number of morpholine rings is 1. The molecule has 5 rings (SSSR count). The average molecular weight is 457 g/mol. The van der Waals surface area contributed by atoms with Gasteiger partial charge in [0.25, 0.3) is 5.91 Å². The van der Waals surface area contributed by atoms with Gasteiger partial charge in [0.15, 0.2) is 5.69 Å². The van der Waals surface area contributed by atoms with Gasteiger partial charge in [-0.15, -0.1) is 0 Å². The topological polar surface area (TPSA) is 67.7 Å². The number of amides is 2. The minimum absolute atomic E-state index is 0.00496. The van der Waals surface area contributed by atoms with Crippen molar-refractivity contribution in [1.82, 2.24) is 19.6 Å². The van der Waals surface area contributed by atoms with Gasteiger partial charge in [0.05, 0.1) is 12.2 Å². The molecule has 7 heteroatoms. The third-order valence-electron chi connectivity index (χ3n) is 8.41. The highest BCUT2D eigenvalue weighted by Crippen LogP contribution is 2.35. The van der Waals surface area contributed by atoms with Crippen LogP contribution in [0.2, 0.25) is 0 Å². The fraction of sp³-hybridized carbons (Fsp3) is 0.808. The summed E-state index contributed by atoms with van der Waals surface area (Å²) in [5.74, 6) is 1.83. The summed E-state index contributed by atoms with van der Waals surface area (Å²) in [6.07, 6.45) is 12.1. The van der Waals surface area contributed by atoms with Crippen molar-refractivity contribution in [3.05, 3.63) is 17.0 Å². The Hall–Kier alpha value is -1.89. The summed E-state index contributed by atoms with van der Waals surface area (Å²) >= 11 is 0. The minimum atomic E-state index is -0.00496. The molecule has 0 unspecified atom stereocenters. The minimum Gasteiger partial charge on any atom is -0.372 e. The molecule has 4 aliphatic rings. The number of likely N-dealkylation sites (tertiary alicyclic amines) is 1. The summed E-state index contributed by atoms with van der Waals surface area (Å²) < 4.78 is 7.64. The van der Waals surface area contributed by atoms with Gasteiger partial charge in [0, 0.05) is 37.4 Å². The zero-order chi connectivity index (χ0) is 22.9. The van der Waals surface area contributed by atoms with Crippen LogP contribution in [0.3, 0.4) is 0 Å². The van der Waals surface area contributed by atoms with Gasteiger partial charge in [-0.25, -0.2) is 0 Å². The van der Waals surface area contributed by atoms with Crippen molar-refractivity contribution in [2.24, 2.45) is 11.8 Å². The summed E-state index contributed by atoms with van der Waals surface area (Å²) in [6, 6.07) is 0. The van der Waals surface area contributed by atoms with E-state index in [9.17, 15) is 9.59 Å².